The molecule has 218 valence electrons. The van der Waals surface area contributed by atoms with Crippen molar-refractivity contribution in [1.82, 2.24) is 14.9 Å². The number of methoxy groups -OCH3 is 2. The van der Waals surface area contributed by atoms with Crippen molar-refractivity contribution in [3.05, 3.63) is 60.4 Å². The number of hydrogen-bond donors (Lipinski definition) is 3. The van der Waals surface area contributed by atoms with Crippen LogP contribution in [0.15, 0.2) is 49.0 Å². The predicted molar refractivity (Wildman–Crippen MR) is 159 cm³/mol. The second kappa shape index (κ2) is 11.9. The van der Waals surface area contributed by atoms with E-state index in [0.717, 1.165) is 66.8 Å². The van der Waals surface area contributed by atoms with Gasteiger partial charge >= 0.3 is 6.18 Å². The maximum absolute atomic E-state index is 13.8. The van der Waals surface area contributed by atoms with E-state index in [2.05, 4.69) is 39.1 Å². The molecule has 3 heterocycles. The van der Waals surface area contributed by atoms with E-state index in [1.807, 2.05) is 30.3 Å². The molecule has 0 bridgehead atoms. The number of fused-ring (bicyclic) bond motifs is 2. The SMILES string of the molecule is C=C(c1nc(NCCCc2cc3c(OC)cc(OC)cc3[nH]2)cc2c(NC3CCN(C)CC3)cccc12)C(F)(F)F. The highest BCUT2D eigenvalue weighted by Gasteiger charge is 2.35. The molecule has 5 rings (SSSR count). The van der Waals surface area contributed by atoms with E-state index in [0.29, 0.717) is 28.9 Å². The lowest BCUT2D eigenvalue weighted by atomic mass is 10.0. The van der Waals surface area contributed by atoms with Crippen LogP contribution < -0.4 is 20.1 Å². The van der Waals surface area contributed by atoms with Gasteiger partial charge in [0.25, 0.3) is 0 Å². The fraction of sp³-hybridized carbons (Fsp3) is 0.387. The van der Waals surface area contributed by atoms with Gasteiger partial charge in [-0.1, -0.05) is 18.7 Å². The lowest BCUT2D eigenvalue weighted by molar-refractivity contribution is -0.0688. The largest absolute Gasteiger partial charge is 0.497 e. The van der Waals surface area contributed by atoms with E-state index in [4.69, 9.17) is 9.47 Å². The summed E-state index contributed by atoms with van der Waals surface area (Å²) in [6.45, 7) is 5.84. The molecule has 1 aliphatic rings. The molecule has 1 fully saturated rings. The molecule has 0 saturated carbocycles. The maximum atomic E-state index is 13.8. The van der Waals surface area contributed by atoms with Crippen LogP contribution in [0.4, 0.5) is 24.7 Å². The van der Waals surface area contributed by atoms with Crippen molar-refractivity contribution in [2.24, 2.45) is 0 Å². The van der Waals surface area contributed by atoms with Gasteiger partial charge in [0.05, 0.1) is 31.0 Å². The Morgan fingerprint density at radius 3 is 2.56 bits per heavy atom. The van der Waals surface area contributed by atoms with Gasteiger partial charge in [-0.3, -0.25) is 0 Å². The number of nitrogens with one attached hydrogen (secondary N) is 3. The van der Waals surface area contributed by atoms with Crippen molar-refractivity contribution in [3.63, 3.8) is 0 Å². The highest BCUT2D eigenvalue weighted by Crippen LogP contribution is 2.38. The Morgan fingerprint density at radius 1 is 1.07 bits per heavy atom. The summed E-state index contributed by atoms with van der Waals surface area (Å²) in [4.78, 5) is 10.1. The zero-order valence-electron chi connectivity index (χ0n) is 23.6. The molecule has 2 aromatic carbocycles. The second-order valence-electron chi connectivity index (χ2n) is 10.6. The molecule has 1 saturated heterocycles. The molecule has 0 amide bonds. The zero-order valence-corrected chi connectivity index (χ0v) is 23.6. The summed E-state index contributed by atoms with van der Waals surface area (Å²) in [5.41, 5.74) is 1.64. The first-order valence-corrected chi connectivity index (χ1v) is 13.8. The fourth-order valence-electron chi connectivity index (χ4n) is 5.38. The number of allylic oxidation sites excluding steroid dienone is 1. The molecule has 4 aromatic rings. The molecule has 0 radical (unpaired) electrons. The summed E-state index contributed by atoms with van der Waals surface area (Å²) in [5.74, 6) is 1.81. The molecule has 1 aliphatic heterocycles. The molecular weight excluding hydrogens is 531 g/mol. The predicted octanol–water partition coefficient (Wildman–Crippen LogP) is 6.86. The third-order valence-electron chi connectivity index (χ3n) is 7.69. The minimum absolute atomic E-state index is 0.152. The zero-order chi connectivity index (χ0) is 29.1. The molecule has 7 nitrogen and oxygen atoms in total. The smallest absolute Gasteiger partial charge is 0.417 e. The Bertz CT molecular complexity index is 1540. The Balaban J connectivity index is 1.36. The van der Waals surface area contributed by atoms with Gasteiger partial charge in [-0.05, 0) is 64.0 Å². The van der Waals surface area contributed by atoms with E-state index in [1.165, 1.54) is 0 Å². The van der Waals surface area contributed by atoms with Crippen LogP contribution in [0.2, 0.25) is 0 Å². The summed E-state index contributed by atoms with van der Waals surface area (Å²) in [6.07, 6.45) is -1.19. The summed E-state index contributed by atoms with van der Waals surface area (Å²) in [5, 5.41) is 8.92. The molecule has 2 aromatic heterocycles. The molecule has 0 spiro atoms. The van der Waals surface area contributed by atoms with E-state index >= 15 is 0 Å². The number of anilines is 2. The number of ether oxygens (including phenoxy) is 2. The average molecular weight is 568 g/mol. The maximum Gasteiger partial charge on any atom is 0.417 e. The molecule has 0 atom stereocenters. The number of rotatable bonds is 10. The van der Waals surface area contributed by atoms with Crippen LogP contribution in [0.1, 0.15) is 30.7 Å². The van der Waals surface area contributed by atoms with Crippen molar-refractivity contribution < 1.29 is 22.6 Å². The molecule has 3 N–H and O–H groups in total. The number of hydrogen-bond acceptors (Lipinski definition) is 6. The third-order valence-corrected chi connectivity index (χ3v) is 7.69. The van der Waals surface area contributed by atoms with Crippen molar-refractivity contribution in [1.29, 1.82) is 0 Å². The van der Waals surface area contributed by atoms with Gasteiger partial charge in [-0.25, -0.2) is 4.98 Å². The number of nitrogens with zero attached hydrogens (tertiary/aromatic N) is 2. The number of halogens is 3. The number of alkyl halides is 3. The Kier molecular flexibility index (Phi) is 8.30. The van der Waals surface area contributed by atoms with Crippen LogP contribution in [0.5, 0.6) is 11.5 Å². The minimum Gasteiger partial charge on any atom is -0.497 e. The standard InChI is InChI=1S/C31H36F3N5O2/c1-19(31(32,33)34)30-23-8-5-9-26(36-20-10-13-39(2)14-11-20)24(23)18-29(38-30)35-12-6-7-21-15-25-27(37-21)16-22(40-3)17-28(25)41-4/h5,8-9,15-18,20,36-37H,1,6-7,10-14H2,2-4H3,(H,35,38). The van der Waals surface area contributed by atoms with E-state index in [1.54, 1.807) is 26.4 Å². The van der Waals surface area contributed by atoms with Gasteiger partial charge in [0.1, 0.15) is 17.3 Å². The topological polar surface area (TPSA) is 74.4 Å². The summed E-state index contributed by atoms with van der Waals surface area (Å²) < 4.78 is 52.2. The van der Waals surface area contributed by atoms with Crippen molar-refractivity contribution in [2.45, 2.75) is 37.9 Å². The number of likely N-dealkylation sites (tertiary alicyclic amines) is 1. The number of H-pyrrole nitrogens is 1. The van der Waals surface area contributed by atoms with Crippen molar-refractivity contribution >= 4 is 38.8 Å². The minimum atomic E-state index is -4.59. The highest BCUT2D eigenvalue weighted by molar-refractivity contribution is 6.01. The van der Waals surface area contributed by atoms with Gasteiger partial charge in [0.15, 0.2) is 0 Å². The molecule has 0 unspecified atom stereocenters. The first kappa shape index (κ1) is 28.6. The Labute approximate surface area is 237 Å². The quantitative estimate of drug-likeness (QED) is 0.182. The van der Waals surface area contributed by atoms with Crippen LogP contribution in [-0.4, -0.2) is 68.0 Å². The summed E-state index contributed by atoms with van der Waals surface area (Å²) >= 11 is 0. The Hall–Kier alpha value is -3.92. The first-order valence-electron chi connectivity index (χ1n) is 13.8. The monoisotopic (exact) mass is 567 g/mol. The molecular formula is C31H36F3N5O2. The van der Waals surface area contributed by atoms with E-state index in [9.17, 15) is 13.2 Å². The second-order valence-corrected chi connectivity index (χ2v) is 10.6. The fourth-order valence-corrected chi connectivity index (χ4v) is 5.38. The first-order chi connectivity index (χ1) is 19.7. The lowest BCUT2D eigenvalue weighted by Gasteiger charge is -2.30. The van der Waals surface area contributed by atoms with Crippen LogP contribution >= 0.6 is 0 Å². The molecule has 41 heavy (non-hydrogen) atoms. The Morgan fingerprint density at radius 2 is 1.85 bits per heavy atom. The number of piperidine rings is 1. The van der Waals surface area contributed by atoms with Crippen molar-refractivity contribution in [3.8, 4) is 11.5 Å². The number of pyridine rings is 1. The number of aromatic nitrogens is 2. The van der Waals surface area contributed by atoms with Gasteiger partial charge in [-0.15, -0.1) is 0 Å². The van der Waals surface area contributed by atoms with Crippen LogP contribution in [0.25, 0.3) is 27.2 Å². The van der Waals surface area contributed by atoms with E-state index in [-0.39, 0.29) is 11.7 Å². The van der Waals surface area contributed by atoms with Gasteiger partial charge in [0, 0.05) is 52.3 Å². The molecule has 0 aliphatic carbocycles. The van der Waals surface area contributed by atoms with Crippen molar-refractivity contribution in [2.75, 3.05) is 51.5 Å². The lowest BCUT2D eigenvalue weighted by Crippen LogP contribution is -2.36. The number of benzene rings is 2. The van der Waals surface area contributed by atoms with E-state index < -0.39 is 11.7 Å². The number of aryl methyl sites for hydroxylation is 1. The van der Waals surface area contributed by atoms with Crippen LogP contribution in [0.3, 0.4) is 0 Å². The highest BCUT2D eigenvalue weighted by atomic mass is 19.4. The van der Waals surface area contributed by atoms with Gasteiger partial charge < -0.3 is 30.0 Å². The van der Waals surface area contributed by atoms with Gasteiger partial charge in [-0.2, -0.15) is 13.2 Å². The third kappa shape index (κ3) is 6.37. The normalized spacial score (nSPS) is 14.9. The number of aromatic amines is 1. The van der Waals surface area contributed by atoms with Crippen LogP contribution in [-0.2, 0) is 6.42 Å². The average Bonchev–Trinajstić information content (AvgIpc) is 3.38. The summed E-state index contributed by atoms with van der Waals surface area (Å²) in [6, 6.07) is 13.3. The summed E-state index contributed by atoms with van der Waals surface area (Å²) in [7, 11) is 5.33. The van der Waals surface area contributed by atoms with Gasteiger partial charge in [0.2, 0.25) is 0 Å². The molecule has 10 heteroatoms. The van der Waals surface area contributed by atoms with Crippen LogP contribution in [0, 0.1) is 0 Å².